The lowest BCUT2D eigenvalue weighted by molar-refractivity contribution is -0.146. The van der Waals surface area contributed by atoms with Gasteiger partial charge in [0.15, 0.2) is 23.3 Å². The summed E-state index contributed by atoms with van der Waals surface area (Å²) in [6.45, 7) is 0. The van der Waals surface area contributed by atoms with Gasteiger partial charge in [-0.05, 0) is 0 Å². The van der Waals surface area contributed by atoms with E-state index in [1.54, 1.807) is 0 Å². The zero-order chi connectivity index (χ0) is 12.0. The number of carbonyl (C=O) groups is 1. The van der Waals surface area contributed by atoms with Crippen molar-refractivity contribution in [3.8, 4) is 0 Å². The van der Waals surface area contributed by atoms with Crippen molar-refractivity contribution >= 4 is 17.6 Å². The molecule has 0 amide bonds. The highest BCUT2D eigenvalue weighted by Crippen LogP contribution is 2.36. The largest absolute Gasteiger partial charge is 0.441 e. The second kappa shape index (κ2) is 3.62. The van der Waals surface area contributed by atoms with Gasteiger partial charge in [-0.15, -0.1) is 0 Å². The van der Waals surface area contributed by atoms with Crippen molar-refractivity contribution in [2.45, 2.75) is 12.0 Å². The minimum Gasteiger partial charge on any atom is -0.441 e. The van der Waals surface area contributed by atoms with Gasteiger partial charge >= 0.3 is 5.97 Å². The van der Waals surface area contributed by atoms with E-state index in [0.717, 1.165) is 0 Å². The van der Waals surface area contributed by atoms with Crippen molar-refractivity contribution in [2.24, 2.45) is 0 Å². The molecule has 0 N–H and O–H groups in total. The van der Waals surface area contributed by atoms with Gasteiger partial charge in [-0.2, -0.15) is 0 Å². The zero-order valence-electron chi connectivity index (χ0n) is 7.49. The molecule has 16 heavy (non-hydrogen) atoms. The van der Waals surface area contributed by atoms with Gasteiger partial charge in [-0.1, -0.05) is 11.6 Å². The fourth-order valence-electron chi connectivity index (χ4n) is 1.46. The molecule has 1 unspecified atom stereocenters. The molecule has 0 aliphatic carbocycles. The Hall–Kier alpha value is -1.30. The Balaban J connectivity index is 2.76. The van der Waals surface area contributed by atoms with Crippen LogP contribution in [-0.2, 0) is 16.0 Å². The van der Waals surface area contributed by atoms with Crippen molar-refractivity contribution in [1.82, 2.24) is 0 Å². The van der Waals surface area contributed by atoms with Gasteiger partial charge in [-0.25, -0.2) is 17.6 Å². The summed E-state index contributed by atoms with van der Waals surface area (Å²) in [5, 5.41) is 0. The molecule has 0 fully saturated rings. The van der Waals surface area contributed by atoms with Crippen LogP contribution in [0.5, 0.6) is 0 Å². The van der Waals surface area contributed by atoms with Crippen molar-refractivity contribution in [2.75, 3.05) is 0 Å². The number of cyclic esters (lactones) is 1. The summed E-state index contributed by atoms with van der Waals surface area (Å²) in [6.07, 6.45) is -0.682. The monoisotopic (exact) mass is 254 g/mol. The molecular weight excluding hydrogens is 252 g/mol. The fourth-order valence-corrected chi connectivity index (χ4v) is 1.79. The Kier molecular flexibility index (Phi) is 2.53. The van der Waals surface area contributed by atoms with Gasteiger partial charge in [0.2, 0.25) is 5.56 Å². The predicted octanol–water partition coefficient (Wildman–Crippen LogP) is 2.58. The lowest BCUT2D eigenvalue weighted by Gasteiger charge is -2.22. The van der Waals surface area contributed by atoms with E-state index in [1.807, 2.05) is 0 Å². The molecule has 0 saturated heterocycles. The summed E-state index contributed by atoms with van der Waals surface area (Å²) < 4.78 is 56.6. The first-order chi connectivity index (χ1) is 7.43. The van der Waals surface area contributed by atoms with E-state index in [0.29, 0.717) is 0 Å². The normalized spacial score (nSPS) is 19.3. The molecule has 0 aromatic heterocycles. The maximum absolute atomic E-state index is 13.2. The molecule has 86 valence electrons. The third kappa shape index (κ3) is 1.44. The summed E-state index contributed by atoms with van der Waals surface area (Å²) in [4.78, 5) is 10.9. The van der Waals surface area contributed by atoms with Crippen LogP contribution in [0, 0.1) is 23.3 Å². The van der Waals surface area contributed by atoms with Crippen molar-refractivity contribution in [3.63, 3.8) is 0 Å². The number of hydrogen-bond acceptors (Lipinski definition) is 2. The van der Waals surface area contributed by atoms with E-state index >= 15 is 0 Å². The Morgan fingerprint density at radius 2 is 1.62 bits per heavy atom. The maximum atomic E-state index is 13.2. The molecule has 1 aliphatic rings. The van der Waals surface area contributed by atoms with E-state index in [1.165, 1.54) is 0 Å². The zero-order valence-corrected chi connectivity index (χ0v) is 8.25. The predicted molar refractivity (Wildman–Crippen MR) is 44.7 cm³/mol. The summed E-state index contributed by atoms with van der Waals surface area (Å²) in [6, 6.07) is 0. The average Bonchev–Trinajstić information content (AvgIpc) is 2.22. The number of benzene rings is 1. The van der Waals surface area contributed by atoms with Crippen LogP contribution >= 0.6 is 11.6 Å². The highest BCUT2D eigenvalue weighted by molar-refractivity contribution is 6.21. The Morgan fingerprint density at radius 3 is 2.25 bits per heavy atom. The van der Waals surface area contributed by atoms with Gasteiger partial charge in [0.1, 0.15) is 0 Å². The van der Waals surface area contributed by atoms with Crippen LogP contribution in [0.2, 0.25) is 0 Å². The van der Waals surface area contributed by atoms with Gasteiger partial charge in [0.25, 0.3) is 0 Å². The molecular formula is C9H3ClF4O2. The first kappa shape index (κ1) is 11.2. The number of fused-ring (bicyclic) bond motifs is 1. The SMILES string of the molecule is O=C1Cc2c(F)c(F)c(F)c(F)c2C(Cl)O1. The van der Waals surface area contributed by atoms with Crippen molar-refractivity contribution < 1.29 is 27.1 Å². The molecule has 0 bridgehead atoms. The average molecular weight is 255 g/mol. The van der Waals surface area contributed by atoms with Crippen LogP contribution in [0.15, 0.2) is 0 Å². The van der Waals surface area contributed by atoms with E-state index in [-0.39, 0.29) is 0 Å². The molecule has 0 radical (unpaired) electrons. The van der Waals surface area contributed by atoms with Crippen molar-refractivity contribution in [1.29, 1.82) is 0 Å². The summed E-state index contributed by atoms with van der Waals surface area (Å²) in [5.41, 5.74) is -2.92. The highest BCUT2D eigenvalue weighted by Gasteiger charge is 2.35. The highest BCUT2D eigenvalue weighted by atomic mass is 35.5. The number of alkyl halides is 1. The second-order valence-electron chi connectivity index (χ2n) is 3.13. The number of carbonyl (C=O) groups excluding carboxylic acids is 1. The van der Waals surface area contributed by atoms with Crippen LogP contribution in [-0.4, -0.2) is 5.97 Å². The molecule has 0 spiro atoms. The number of ether oxygens (including phenoxy) is 1. The Labute approximate surface area is 91.8 Å². The Morgan fingerprint density at radius 1 is 1.06 bits per heavy atom. The van der Waals surface area contributed by atoms with Crippen LogP contribution in [0.25, 0.3) is 0 Å². The lowest BCUT2D eigenvalue weighted by atomic mass is 10.0. The number of halogens is 5. The van der Waals surface area contributed by atoms with Crippen LogP contribution in [0.3, 0.4) is 0 Å². The van der Waals surface area contributed by atoms with Gasteiger partial charge in [0.05, 0.1) is 12.0 Å². The van der Waals surface area contributed by atoms with Crippen molar-refractivity contribution in [3.05, 3.63) is 34.4 Å². The maximum Gasteiger partial charge on any atom is 0.312 e. The molecule has 1 heterocycles. The second-order valence-corrected chi connectivity index (χ2v) is 3.53. The summed E-state index contributed by atoms with van der Waals surface area (Å²) in [5.74, 6) is -8.12. The van der Waals surface area contributed by atoms with Crippen LogP contribution < -0.4 is 0 Å². The molecule has 0 saturated carbocycles. The third-order valence-electron chi connectivity index (χ3n) is 2.19. The first-order valence-corrected chi connectivity index (χ1v) is 4.55. The topological polar surface area (TPSA) is 26.3 Å². The summed E-state index contributed by atoms with van der Waals surface area (Å²) in [7, 11) is 0. The molecule has 7 heteroatoms. The standard InChI is InChI=1S/C9H3ClF4O2/c10-9-4-2(1-3(15)16-9)5(11)7(13)8(14)6(4)12/h9H,1H2. The van der Waals surface area contributed by atoms with E-state index in [4.69, 9.17) is 11.6 Å². The van der Waals surface area contributed by atoms with E-state index in [9.17, 15) is 22.4 Å². The smallest absolute Gasteiger partial charge is 0.312 e. The van der Waals surface area contributed by atoms with Crippen LogP contribution in [0.4, 0.5) is 17.6 Å². The van der Waals surface area contributed by atoms with Crippen LogP contribution in [0.1, 0.15) is 16.7 Å². The van der Waals surface area contributed by atoms with Gasteiger partial charge in [-0.3, -0.25) is 4.79 Å². The molecule has 1 aromatic rings. The van der Waals surface area contributed by atoms with E-state index < -0.39 is 52.3 Å². The minimum atomic E-state index is -1.97. The fraction of sp³-hybridized carbons (Fsp3) is 0.222. The molecule has 1 atom stereocenters. The van der Waals surface area contributed by atoms with Gasteiger partial charge in [0, 0.05) is 5.56 Å². The quantitative estimate of drug-likeness (QED) is 0.234. The number of esters is 1. The summed E-state index contributed by atoms with van der Waals surface area (Å²) >= 11 is 5.40. The van der Waals surface area contributed by atoms with Gasteiger partial charge < -0.3 is 4.74 Å². The third-order valence-corrected chi connectivity index (χ3v) is 2.49. The molecule has 2 rings (SSSR count). The minimum absolute atomic E-state index is 0.604. The lowest BCUT2D eigenvalue weighted by Crippen LogP contribution is -2.23. The molecule has 1 aliphatic heterocycles. The molecule has 2 nitrogen and oxygen atoms in total. The number of rotatable bonds is 0. The molecule has 1 aromatic carbocycles. The number of hydrogen-bond donors (Lipinski definition) is 0. The first-order valence-electron chi connectivity index (χ1n) is 4.11. The van der Waals surface area contributed by atoms with E-state index in [2.05, 4.69) is 4.74 Å². The Bertz CT molecular complexity index is 489.